The maximum absolute atomic E-state index is 14.0. The van der Waals surface area contributed by atoms with Crippen molar-refractivity contribution >= 4 is 35.4 Å². The van der Waals surface area contributed by atoms with Crippen LogP contribution in [0.3, 0.4) is 0 Å². The first-order valence-corrected chi connectivity index (χ1v) is 18.9. The molecule has 0 aliphatic heterocycles. The minimum absolute atomic E-state index is 0.0476. The molecule has 292 valence electrons. The molecule has 0 aromatic heterocycles. The zero-order valence-electron chi connectivity index (χ0n) is 31.7. The fourth-order valence-corrected chi connectivity index (χ4v) is 6.38. The number of rotatable bonds is 22. The Morgan fingerprint density at radius 3 is 1.87 bits per heavy atom. The average molecular weight is 729 g/mol. The van der Waals surface area contributed by atoms with Gasteiger partial charge in [-0.05, 0) is 62.5 Å². The van der Waals surface area contributed by atoms with Gasteiger partial charge >= 0.3 is 0 Å². The quantitative estimate of drug-likeness (QED) is 0.0808. The molecule has 1 aromatic carbocycles. The van der Waals surface area contributed by atoms with Crippen molar-refractivity contribution in [3.05, 3.63) is 35.9 Å². The van der Waals surface area contributed by atoms with Crippen molar-refractivity contribution in [2.45, 2.75) is 141 Å². The van der Waals surface area contributed by atoms with E-state index in [1.54, 1.807) is 13.8 Å². The van der Waals surface area contributed by atoms with Gasteiger partial charge in [0.05, 0.1) is 6.04 Å². The molecule has 14 nitrogen and oxygen atoms in total. The van der Waals surface area contributed by atoms with Crippen LogP contribution in [-0.4, -0.2) is 78.2 Å². The maximum atomic E-state index is 14.0. The van der Waals surface area contributed by atoms with E-state index in [2.05, 4.69) is 26.6 Å². The van der Waals surface area contributed by atoms with Crippen molar-refractivity contribution in [3.63, 3.8) is 0 Å². The summed E-state index contributed by atoms with van der Waals surface area (Å²) in [4.78, 5) is 79.7. The van der Waals surface area contributed by atoms with E-state index in [0.29, 0.717) is 32.2 Å². The van der Waals surface area contributed by atoms with Crippen molar-refractivity contribution in [3.8, 4) is 0 Å². The van der Waals surface area contributed by atoms with Crippen molar-refractivity contribution < 1.29 is 28.8 Å². The highest BCUT2D eigenvalue weighted by molar-refractivity contribution is 5.96. The number of nitrogens with one attached hydrogen (secondary N) is 5. The molecule has 11 N–H and O–H groups in total. The molecule has 1 aliphatic carbocycles. The Bertz CT molecular complexity index is 1300. The average Bonchev–Trinajstić information content (AvgIpc) is 3.09. The molecule has 0 bridgehead atoms. The Balaban J connectivity index is 2.30. The molecular formula is C38H64N8O6. The second-order valence-corrected chi connectivity index (χ2v) is 15.0. The number of nitrogens with two attached hydrogens (primary N) is 3. The standard InChI is InChI=1S/C38H64N8O6/c1-23(2)20-29(43-34(48)28(40)18-12-13-19-39)37(51)46-32(24(3)4)38(52)45-31(22-27-16-10-7-11-17-27)36(50)44-30(21-26-14-8-6-9-15-26)35(49)42-25(5)33(41)47/h6,8-9,14-15,23-25,27-32H,7,10-13,16-22,39-40H2,1-5H3,(H2,41,47)(H,42,49)(H,43,48)(H,44,50)(H,45,52)(H,46,51)/t25-,28-,29-,30-,31-,32-/m1/s1. The van der Waals surface area contributed by atoms with Gasteiger partial charge in [-0.15, -0.1) is 0 Å². The van der Waals surface area contributed by atoms with Crippen LogP contribution in [0.1, 0.15) is 104 Å². The lowest BCUT2D eigenvalue weighted by molar-refractivity contribution is -0.136. The second-order valence-electron chi connectivity index (χ2n) is 15.0. The Hall–Kier alpha value is -4.04. The van der Waals surface area contributed by atoms with Crippen molar-refractivity contribution in [1.82, 2.24) is 26.6 Å². The lowest BCUT2D eigenvalue weighted by Gasteiger charge is -2.31. The summed E-state index contributed by atoms with van der Waals surface area (Å²) in [6, 6.07) is 3.33. The largest absolute Gasteiger partial charge is 0.368 e. The Kier molecular flexibility index (Phi) is 19.3. The predicted octanol–water partition coefficient (Wildman–Crippen LogP) is 1.29. The van der Waals surface area contributed by atoms with Crippen LogP contribution in [0.25, 0.3) is 0 Å². The minimum Gasteiger partial charge on any atom is -0.368 e. The van der Waals surface area contributed by atoms with Gasteiger partial charge in [0.25, 0.3) is 0 Å². The summed E-state index contributed by atoms with van der Waals surface area (Å²) in [7, 11) is 0. The van der Waals surface area contributed by atoms with E-state index in [0.717, 1.165) is 44.1 Å². The number of amides is 6. The fourth-order valence-electron chi connectivity index (χ4n) is 6.38. The van der Waals surface area contributed by atoms with Crippen LogP contribution in [0.4, 0.5) is 0 Å². The van der Waals surface area contributed by atoms with E-state index >= 15 is 0 Å². The molecule has 0 saturated heterocycles. The third-order valence-corrected chi connectivity index (χ3v) is 9.52. The Morgan fingerprint density at radius 2 is 1.29 bits per heavy atom. The number of hydrogen-bond donors (Lipinski definition) is 8. The van der Waals surface area contributed by atoms with Crippen LogP contribution in [0.5, 0.6) is 0 Å². The zero-order valence-corrected chi connectivity index (χ0v) is 31.7. The summed E-state index contributed by atoms with van der Waals surface area (Å²) in [5, 5.41) is 13.9. The second kappa shape index (κ2) is 22.8. The minimum atomic E-state index is -1.06. The number of benzene rings is 1. The number of primary amides is 1. The summed E-state index contributed by atoms with van der Waals surface area (Å²) >= 11 is 0. The molecule has 0 heterocycles. The first-order chi connectivity index (χ1) is 24.6. The first-order valence-electron chi connectivity index (χ1n) is 18.9. The molecule has 6 atom stereocenters. The summed E-state index contributed by atoms with van der Waals surface area (Å²) < 4.78 is 0. The Labute approximate surface area is 309 Å². The van der Waals surface area contributed by atoms with Crippen LogP contribution >= 0.6 is 0 Å². The fraction of sp³-hybridized carbons (Fsp3) is 0.684. The van der Waals surface area contributed by atoms with Gasteiger partial charge < -0.3 is 43.8 Å². The summed E-state index contributed by atoms with van der Waals surface area (Å²) in [5.74, 6) is -3.54. The van der Waals surface area contributed by atoms with Crippen molar-refractivity contribution in [2.75, 3.05) is 6.54 Å². The third-order valence-electron chi connectivity index (χ3n) is 9.52. The van der Waals surface area contributed by atoms with E-state index in [1.807, 2.05) is 44.2 Å². The maximum Gasteiger partial charge on any atom is 0.243 e. The van der Waals surface area contributed by atoms with E-state index in [4.69, 9.17) is 17.2 Å². The number of hydrogen-bond acceptors (Lipinski definition) is 8. The van der Waals surface area contributed by atoms with Gasteiger partial charge in [-0.3, -0.25) is 28.8 Å². The first kappa shape index (κ1) is 44.1. The molecule has 14 heteroatoms. The smallest absolute Gasteiger partial charge is 0.243 e. The molecular weight excluding hydrogens is 664 g/mol. The number of carbonyl (C=O) groups excluding carboxylic acids is 6. The van der Waals surface area contributed by atoms with Gasteiger partial charge in [-0.2, -0.15) is 0 Å². The zero-order chi connectivity index (χ0) is 38.8. The molecule has 2 rings (SSSR count). The molecule has 1 fully saturated rings. The van der Waals surface area contributed by atoms with Gasteiger partial charge in [-0.1, -0.05) is 96.6 Å². The SMILES string of the molecule is CC(C)C[C@@H](NC(=O)[C@H](N)CCCCN)C(=O)N[C@@H](C(=O)N[C@H](CC1CCCCC1)C(=O)N[C@H](Cc1ccccc1)C(=O)N[C@H](C)C(N)=O)C(C)C. The van der Waals surface area contributed by atoms with E-state index < -0.39 is 71.7 Å². The topological polar surface area (TPSA) is 241 Å². The van der Waals surface area contributed by atoms with E-state index in [1.165, 1.54) is 6.92 Å². The van der Waals surface area contributed by atoms with Crippen LogP contribution in [0.2, 0.25) is 0 Å². The van der Waals surface area contributed by atoms with Crippen LogP contribution in [-0.2, 0) is 35.2 Å². The third kappa shape index (κ3) is 15.7. The molecule has 1 aliphatic rings. The van der Waals surface area contributed by atoms with Crippen LogP contribution in [0.15, 0.2) is 30.3 Å². The molecule has 6 amide bonds. The van der Waals surface area contributed by atoms with Crippen molar-refractivity contribution in [1.29, 1.82) is 0 Å². The monoisotopic (exact) mass is 728 g/mol. The lowest BCUT2D eigenvalue weighted by Crippen LogP contribution is -2.60. The van der Waals surface area contributed by atoms with Gasteiger partial charge in [0.1, 0.15) is 30.2 Å². The van der Waals surface area contributed by atoms with Gasteiger partial charge in [0, 0.05) is 6.42 Å². The van der Waals surface area contributed by atoms with Gasteiger partial charge in [0.15, 0.2) is 0 Å². The van der Waals surface area contributed by atoms with E-state index in [9.17, 15) is 28.8 Å². The normalized spacial score (nSPS) is 16.9. The van der Waals surface area contributed by atoms with Crippen molar-refractivity contribution in [2.24, 2.45) is 35.0 Å². The number of carbonyl (C=O) groups is 6. The molecule has 1 saturated carbocycles. The highest BCUT2D eigenvalue weighted by atomic mass is 16.2. The molecule has 1 aromatic rings. The molecule has 52 heavy (non-hydrogen) atoms. The number of unbranched alkanes of at least 4 members (excludes halogenated alkanes) is 1. The summed E-state index contributed by atoms with van der Waals surface area (Å²) in [5.41, 5.74) is 17.8. The summed E-state index contributed by atoms with van der Waals surface area (Å²) in [6.07, 6.45) is 7.59. The van der Waals surface area contributed by atoms with E-state index in [-0.39, 0.29) is 24.2 Å². The van der Waals surface area contributed by atoms with Crippen LogP contribution in [0, 0.1) is 17.8 Å². The highest BCUT2D eigenvalue weighted by Crippen LogP contribution is 2.27. The van der Waals surface area contributed by atoms with Crippen LogP contribution < -0.4 is 43.8 Å². The van der Waals surface area contributed by atoms with Gasteiger partial charge in [0.2, 0.25) is 35.4 Å². The Morgan fingerprint density at radius 1 is 0.712 bits per heavy atom. The predicted molar refractivity (Wildman–Crippen MR) is 201 cm³/mol. The lowest BCUT2D eigenvalue weighted by atomic mass is 9.84. The van der Waals surface area contributed by atoms with Gasteiger partial charge in [-0.25, -0.2) is 0 Å². The molecule has 0 spiro atoms. The molecule has 0 unspecified atom stereocenters. The highest BCUT2D eigenvalue weighted by Gasteiger charge is 2.35. The summed E-state index contributed by atoms with van der Waals surface area (Å²) in [6.45, 7) is 9.37. The molecule has 0 radical (unpaired) electrons.